The maximum absolute atomic E-state index is 11.9. The fourth-order valence-corrected chi connectivity index (χ4v) is 2.80. The molecular formula is C16H16BrClN2O4S. The van der Waals surface area contributed by atoms with Gasteiger partial charge in [0.15, 0.2) is 6.61 Å². The van der Waals surface area contributed by atoms with E-state index >= 15 is 0 Å². The van der Waals surface area contributed by atoms with E-state index in [9.17, 15) is 13.2 Å². The predicted molar refractivity (Wildman–Crippen MR) is 103 cm³/mol. The Balaban J connectivity index is 1.92. The fourth-order valence-electron chi connectivity index (χ4n) is 1.86. The van der Waals surface area contributed by atoms with Crippen molar-refractivity contribution in [1.29, 1.82) is 0 Å². The maximum Gasteiger partial charge on any atom is 0.262 e. The highest BCUT2D eigenvalue weighted by Crippen LogP contribution is 2.25. The monoisotopic (exact) mass is 446 g/mol. The molecule has 6 nitrogen and oxygen atoms in total. The molecule has 0 saturated heterocycles. The van der Waals surface area contributed by atoms with E-state index in [0.717, 1.165) is 15.0 Å². The first-order valence-electron chi connectivity index (χ1n) is 7.08. The van der Waals surface area contributed by atoms with Gasteiger partial charge in [-0.2, -0.15) is 0 Å². The lowest BCUT2D eigenvalue weighted by Crippen LogP contribution is -2.24. The van der Waals surface area contributed by atoms with Crippen LogP contribution in [0.25, 0.3) is 0 Å². The largest absolute Gasteiger partial charge is 0.484 e. The van der Waals surface area contributed by atoms with Crippen LogP contribution in [-0.2, 0) is 14.8 Å². The molecule has 0 aromatic heterocycles. The third-order valence-electron chi connectivity index (χ3n) is 3.27. The molecule has 9 heteroatoms. The first-order valence-corrected chi connectivity index (χ1v) is 10.1. The van der Waals surface area contributed by atoms with E-state index in [4.69, 9.17) is 16.3 Å². The van der Waals surface area contributed by atoms with Crippen molar-refractivity contribution in [3.05, 3.63) is 52.0 Å². The lowest BCUT2D eigenvalue weighted by molar-refractivity contribution is -0.118. The smallest absolute Gasteiger partial charge is 0.262 e. The summed E-state index contributed by atoms with van der Waals surface area (Å²) in [5, 5.41) is 3.16. The zero-order chi connectivity index (χ0) is 18.6. The van der Waals surface area contributed by atoms with Crippen molar-refractivity contribution in [2.24, 2.45) is 0 Å². The first kappa shape index (κ1) is 19.6. The number of carbonyl (C=O) groups excluding carboxylic acids is 1. The Morgan fingerprint density at radius 1 is 1.24 bits per heavy atom. The van der Waals surface area contributed by atoms with Crippen LogP contribution < -0.4 is 14.4 Å². The van der Waals surface area contributed by atoms with Crippen molar-refractivity contribution in [3.63, 3.8) is 0 Å². The Labute approximate surface area is 159 Å². The van der Waals surface area contributed by atoms with E-state index in [-0.39, 0.29) is 12.5 Å². The molecule has 2 aromatic carbocycles. The molecule has 0 unspecified atom stereocenters. The minimum atomic E-state index is -3.32. The van der Waals surface area contributed by atoms with E-state index in [0.29, 0.717) is 22.1 Å². The van der Waals surface area contributed by atoms with Crippen LogP contribution in [0.2, 0.25) is 5.02 Å². The summed E-state index contributed by atoms with van der Waals surface area (Å²) in [5.41, 5.74) is 1.07. The first-order chi connectivity index (χ1) is 11.7. The summed E-state index contributed by atoms with van der Waals surface area (Å²) in [6.07, 6.45) is 1.12. The van der Waals surface area contributed by atoms with Crippen molar-refractivity contribution in [3.8, 4) is 5.75 Å². The number of amides is 1. The van der Waals surface area contributed by atoms with Crippen LogP contribution >= 0.6 is 27.5 Å². The van der Waals surface area contributed by atoms with Crippen LogP contribution in [0.5, 0.6) is 5.75 Å². The quantitative estimate of drug-likeness (QED) is 0.735. The second-order valence-electron chi connectivity index (χ2n) is 5.19. The summed E-state index contributed by atoms with van der Waals surface area (Å²) in [6.45, 7) is -0.186. The van der Waals surface area contributed by atoms with Gasteiger partial charge in [-0.25, -0.2) is 8.42 Å². The molecule has 0 heterocycles. The van der Waals surface area contributed by atoms with Gasteiger partial charge >= 0.3 is 0 Å². The molecule has 1 amide bonds. The number of hydrogen-bond acceptors (Lipinski definition) is 4. The Hall–Kier alpha value is -1.77. The van der Waals surface area contributed by atoms with Crippen molar-refractivity contribution in [2.75, 3.05) is 29.5 Å². The zero-order valence-corrected chi connectivity index (χ0v) is 16.7. The summed E-state index contributed by atoms with van der Waals surface area (Å²) >= 11 is 9.24. The molecule has 0 aliphatic heterocycles. The van der Waals surface area contributed by atoms with E-state index < -0.39 is 10.0 Å². The van der Waals surface area contributed by atoms with Crippen LogP contribution in [0.15, 0.2) is 46.9 Å². The van der Waals surface area contributed by atoms with E-state index in [1.807, 2.05) is 0 Å². The van der Waals surface area contributed by atoms with E-state index in [1.54, 1.807) is 42.5 Å². The average molecular weight is 448 g/mol. The van der Waals surface area contributed by atoms with Crippen LogP contribution in [0.4, 0.5) is 11.4 Å². The van der Waals surface area contributed by atoms with Crippen molar-refractivity contribution < 1.29 is 17.9 Å². The lowest BCUT2D eigenvalue weighted by Gasteiger charge is -2.16. The molecule has 1 N–H and O–H groups in total. The van der Waals surface area contributed by atoms with Gasteiger partial charge in [0.05, 0.1) is 17.0 Å². The number of nitrogens with zero attached hydrogens (tertiary/aromatic N) is 1. The summed E-state index contributed by atoms with van der Waals surface area (Å²) in [7, 11) is -1.86. The van der Waals surface area contributed by atoms with E-state index in [2.05, 4.69) is 21.2 Å². The van der Waals surface area contributed by atoms with Crippen LogP contribution in [0, 0.1) is 0 Å². The Morgan fingerprint density at radius 3 is 2.44 bits per heavy atom. The van der Waals surface area contributed by atoms with Gasteiger partial charge in [0.2, 0.25) is 10.0 Å². The van der Waals surface area contributed by atoms with Crippen LogP contribution in [-0.4, -0.2) is 34.2 Å². The molecule has 0 aliphatic carbocycles. The highest BCUT2D eigenvalue weighted by atomic mass is 79.9. The molecule has 25 heavy (non-hydrogen) atoms. The molecule has 0 atom stereocenters. The Morgan fingerprint density at radius 2 is 1.88 bits per heavy atom. The number of rotatable bonds is 6. The molecule has 0 spiro atoms. The van der Waals surface area contributed by atoms with Gasteiger partial charge in [0.25, 0.3) is 5.91 Å². The molecule has 134 valence electrons. The molecule has 0 radical (unpaired) electrons. The topological polar surface area (TPSA) is 75.7 Å². The number of sulfonamides is 1. The molecule has 0 bridgehead atoms. The predicted octanol–water partition coefficient (Wildman–Crippen LogP) is 3.52. The minimum absolute atomic E-state index is 0.186. The second kappa shape index (κ2) is 8.07. The Kier molecular flexibility index (Phi) is 6.31. The molecule has 2 aromatic rings. The van der Waals surface area contributed by atoms with Gasteiger partial charge in [-0.15, -0.1) is 0 Å². The van der Waals surface area contributed by atoms with Gasteiger partial charge < -0.3 is 10.1 Å². The van der Waals surface area contributed by atoms with Crippen LogP contribution in [0.3, 0.4) is 0 Å². The highest BCUT2D eigenvalue weighted by molar-refractivity contribution is 9.10. The number of nitrogens with one attached hydrogen (secondary N) is 1. The van der Waals surface area contributed by atoms with Gasteiger partial charge in [0.1, 0.15) is 5.75 Å². The van der Waals surface area contributed by atoms with Crippen molar-refractivity contribution >= 4 is 54.8 Å². The summed E-state index contributed by atoms with van der Waals surface area (Å²) in [4.78, 5) is 11.9. The molecule has 0 aliphatic rings. The van der Waals surface area contributed by atoms with Gasteiger partial charge in [-0.3, -0.25) is 9.10 Å². The summed E-state index contributed by atoms with van der Waals surface area (Å²) in [5.74, 6) is 0.116. The number of anilines is 2. The van der Waals surface area contributed by atoms with Gasteiger partial charge in [-0.05, 0) is 58.4 Å². The molecule has 2 rings (SSSR count). The zero-order valence-electron chi connectivity index (χ0n) is 13.5. The number of ether oxygens (including phenoxy) is 1. The van der Waals surface area contributed by atoms with Crippen molar-refractivity contribution in [1.82, 2.24) is 0 Å². The second-order valence-corrected chi connectivity index (χ2v) is 8.47. The Bertz CT molecular complexity index is 872. The summed E-state index contributed by atoms with van der Waals surface area (Å²) in [6, 6.07) is 11.5. The summed E-state index contributed by atoms with van der Waals surface area (Å²) < 4.78 is 30.2. The number of carbonyl (C=O) groups is 1. The normalized spacial score (nSPS) is 11.0. The third kappa shape index (κ3) is 5.62. The molecule has 0 fully saturated rings. The number of hydrogen-bond donors (Lipinski definition) is 1. The van der Waals surface area contributed by atoms with Crippen molar-refractivity contribution in [2.45, 2.75) is 0 Å². The average Bonchev–Trinajstić information content (AvgIpc) is 2.55. The minimum Gasteiger partial charge on any atom is -0.484 e. The fraction of sp³-hybridized carbons (Fsp3) is 0.188. The highest BCUT2D eigenvalue weighted by Gasteiger charge is 2.12. The number of halogens is 2. The third-order valence-corrected chi connectivity index (χ3v) is 5.71. The van der Waals surface area contributed by atoms with E-state index in [1.165, 1.54) is 7.05 Å². The lowest BCUT2D eigenvalue weighted by atomic mass is 10.3. The standard InChI is InChI=1S/C16H16BrClN2O4S/c1-20(25(2,22)23)12-4-6-13(7-5-12)24-10-16(21)19-11-3-8-14(17)15(18)9-11/h3-9H,10H2,1-2H3,(H,19,21). The molecule has 0 saturated carbocycles. The van der Waals surface area contributed by atoms with Crippen LogP contribution in [0.1, 0.15) is 0 Å². The SMILES string of the molecule is CN(c1ccc(OCC(=O)Nc2ccc(Br)c(Cl)c2)cc1)S(C)(=O)=O. The molecular weight excluding hydrogens is 432 g/mol. The van der Waals surface area contributed by atoms with Gasteiger partial charge in [0, 0.05) is 17.2 Å². The number of benzene rings is 2. The van der Waals surface area contributed by atoms with Gasteiger partial charge in [-0.1, -0.05) is 11.6 Å². The maximum atomic E-state index is 11.9.